The molecule has 5 heteroatoms. The first kappa shape index (κ1) is 17.3. The molecule has 0 atom stereocenters. The normalized spacial score (nSPS) is 10.4. The highest BCUT2D eigenvalue weighted by atomic mass is 127. The maximum absolute atomic E-state index is 12.4. The van der Waals surface area contributed by atoms with Gasteiger partial charge in [-0.1, -0.05) is 12.1 Å². The third kappa shape index (κ3) is 4.54. The smallest absolute Gasteiger partial charge is 0.256 e. The first-order valence-corrected chi connectivity index (χ1v) is 9.52. The van der Waals surface area contributed by atoms with Crippen LogP contribution in [0.5, 0.6) is 0 Å². The summed E-state index contributed by atoms with van der Waals surface area (Å²) in [5, 5.41) is 2.96. The Morgan fingerprint density at radius 3 is 2.29 bits per heavy atom. The number of pyridine rings is 1. The lowest BCUT2D eigenvalue weighted by Gasteiger charge is -2.08. The van der Waals surface area contributed by atoms with Crippen molar-refractivity contribution in [1.82, 2.24) is 4.98 Å². The van der Waals surface area contributed by atoms with Crippen LogP contribution in [0.25, 0.3) is 0 Å². The minimum absolute atomic E-state index is 0.0835. The van der Waals surface area contributed by atoms with E-state index in [0.717, 1.165) is 19.2 Å². The van der Waals surface area contributed by atoms with Gasteiger partial charge in [0.1, 0.15) is 0 Å². The lowest BCUT2D eigenvalue weighted by atomic mass is 10.1. The highest BCUT2D eigenvalue weighted by Gasteiger charge is 2.10. The second-order valence-electron chi connectivity index (χ2n) is 5.31. The molecule has 1 aromatic heterocycles. The van der Waals surface area contributed by atoms with Crippen LogP contribution in [0.2, 0.25) is 0 Å². The number of rotatable bonds is 4. The fraction of sp³-hybridized carbons (Fsp3) is 0.0526. The Morgan fingerprint density at radius 1 is 0.917 bits per heavy atom. The molecule has 0 aliphatic heterocycles. The summed E-state index contributed by atoms with van der Waals surface area (Å²) in [6.07, 6.45) is 4.45. The molecule has 0 spiro atoms. The zero-order chi connectivity index (χ0) is 16.9. The highest BCUT2D eigenvalue weighted by Crippen LogP contribution is 2.19. The van der Waals surface area contributed by atoms with Crippen molar-refractivity contribution in [2.75, 3.05) is 5.32 Å². The van der Waals surface area contributed by atoms with Gasteiger partial charge in [-0.15, -0.1) is 0 Å². The van der Waals surface area contributed by atoms with Gasteiger partial charge in [-0.2, -0.15) is 0 Å². The van der Waals surface area contributed by atoms with Gasteiger partial charge in [0.15, 0.2) is 0 Å². The molecule has 1 N–H and O–H groups in total. The van der Waals surface area contributed by atoms with Crippen molar-refractivity contribution in [3.05, 3.63) is 90.8 Å². The maximum atomic E-state index is 12.4. The number of amides is 1. The van der Waals surface area contributed by atoms with E-state index in [1.54, 1.807) is 12.4 Å². The molecule has 3 aromatic rings. The number of carbonyl (C=O) groups is 1. The molecule has 1 amide bonds. The molecule has 1 heterocycles. The summed E-state index contributed by atoms with van der Waals surface area (Å²) in [6, 6.07) is 17.8. The summed E-state index contributed by atoms with van der Waals surface area (Å²) < 4.78 is 1.99. The van der Waals surface area contributed by atoms with Crippen LogP contribution in [0.3, 0.4) is 0 Å². The van der Waals surface area contributed by atoms with Crippen molar-refractivity contribution in [2.45, 2.75) is 6.42 Å². The summed E-state index contributed by atoms with van der Waals surface area (Å²) >= 11 is 4.40. The van der Waals surface area contributed by atoms with Crippen LogP contribution >= 0.6 is 45.2 Å². The van der Waals surface area contributed by atoms with Crippen LogP contribution < -0.4 is 5.32 Å². The molecule has 0 aliphatic carbocycles. The van der Waals surface area contributed by atoms with Gasteiger partial charge in [0, 0.05) is 25.2 Å². The van der Waals surface area contributed by atoms with Gasteiger partial charge in [-0.3, -0.25) is 9.78 Å². The number of anilines is 1. The summed E-state index contributed by atoms with van der Waals surface area (Å²) in [7, 11) is 0. The lowest BCUT2D eigenvalue weighted by Crippen LogP contribution is -2.13. The summed E-state index contributed by atoms with van der Waals surface area (Å²) in [5.74, 6) is -0.0835. The van der Waals surface area contributed by atoms with Crippen molar-refractivity contribution >= 4 is 56.8 Å². The highest BCUT2D eigenvalue weighted by molar-refractivity contribution is 14.1. The molecule has 24 heavy (non-hydrogen) atoms. The van der Waals surface area contributed by atoms with E-state index in [-0.39, 0.29) is 5.91 Å². The summed E-state index contributed by atoms with van der Waals surface area (Å²) in [5.41, 5.74) is 3.91. The van der Waals surface area contributed by atoms with Crippen LogP contribution in [0, 0.1) is 7.14 Å². The van der Waals surface area contributed by atoms with E-state index < -0.39 is 0 Å². The van der Waals surface area contributed by atoms with Gasteiger partial charge in [0.2, 0.25) is 0 Å². The predicted octanol–water partition coefficient (Wildman–Crippen LogP) is 5.13. The Kier molecular flexibility index (Phi) is 5.83. The molecule has 0 aliphatic rings. The third-order valence-electron chi connectivity index (χ3n) is 3.54. The molecule has 0 fully saturated rings. The van der Waals surface area contributed by atoms with Gasteiger partial charge >= 0.3 is 0 Å². The van der Waals surface area contributed by atoms with E-state index in [4.69, 9.17) is 0 Å². The molecule has 0 radical (unpaired) electrons. The number of halogens is 2. The van der Waals surface area contributed by atoms with E-state index in [9.17, 15) is 4.79 Å². The standard InChI is InChI=1S/C19H14I2N2O/c20-15-3-6-18(21)17(12-15)19(24)23-16-4-1-13(2-5-16)11-14-7-9-22-10-8-14/h1-10,12H,11H2,(H,23,24). The Morgan fingerprint density at radius 2 is 1.58 bits per heavy atom. The van der Waals surface area contributed by atoms with Gasteiger partial charge in [-0.05, 0) is 105 Å². The SMILES string of the molecule is O=C(Nc1ccc(Cc2ccncc2)cc1)c1cc(I)ccc1I. The van der Waals surface area contributed by atoms with Crippen LogP contribution in [0.4, 0.5) is 5.69 Å². The number of aromatic nitrogens is 1. The minimum atomic E-state index is -0.0835. The second kappa shape index (κ2) is 8.06. The molecule has 2 aromatic carbocycles. The monoisotopic (exact) mass is 540 g/mol. The van der Waals surface area contributed by atoms with Crippen molar-refractivity contribution in [3.8, 4) is 0 Å². The Hall–Kier alpha value is -1.48. The Labute approximate surface area is 168 Å². The molecule has 0 bridgehead atoms. The van der Waals surface area contributed by atoms with Crippen molar-refractivity contribution in [2.24, 2.45) is 0 Å². The number of hydrogen-bond acceptors (Lipinski definition) is 2. The van der Waals surface area contributed by atoms with Crippen molar-refractivity contribution in [1.29, 1.82) is 0 Å². The zero-order valence-corrected chi connectivity index (χ0v) is 17.0. The molecule has 0 saturated carbocycles. The average Bonchev–Trinajstić information content (AvgIpc) is 2.59. The van der Waals surface area contributed by atoms with E-state index in [2.05, 4.69) is 55.5 Å². The molecule has 3 nitrogen and oxygen atoms in total. The number of benzene rings is 2. The molecular formula is C19H14I2N2O. The molecular weight excluding hydrogens is 526 g/mol. The second-order valence-corrected chi connectivity index (χ2v) is 7.72. The fourth-order valence-electron chi connectivity index (χ4n) is 2.31. The minimum Gasteiger partial charge on any atom is -0.322 e. The van der Waals surface area contributed by atoms with Crippen molar-refractivity contribution < 1.29 is 4.79 Å². The Balaban J connectivity index is 1.70. The van der Waals surface area contributed by atoms with Crippen LogP contribution in [0.1, 0.15) is 21.5 Å². The topological polar surface area (TPSA) is 42.0 Å². The molecule has 0 saturated heterocycles. The lowest BCUT2D eigenvalue weighted by molar-refractivity contribution is 0.102. The van der Waals surface area contributed by atoms with E-state index >= 15 is 0 Å². The third-order valence-corrected chi connectivity index (χ3v) is 5.15. The quantitative estimate of drug-likeness (QED) is 0.467. The van der Waals surface area contributed by atoms with Crippen LogP contribution in [0.15, 0.2) is 67.0 Å². The first-order chi connectivity index (χ1) is 11.6. The first-order valence-electron chi connectivity index (χ1n) is 7.36. The van der Waals surface area contributed by atoms with Crippen LogP contribution in [-0.4, -0.2) is 10.9 Å². The van der Waals surface area contributed by atoms with Gasteiger partial charge in [0.25, 0.3) is 5.91 Å². The Bertz CT molecular complexity index is 849. The predicted molar refractivity (Wildman–Crippen MR) is 113 cm³/mol. The summed E-state index contributed by atoms with van der Waals surface area (Å²) in [6.45, 7) is 0. The molecule has 0 unspecified atom stereocenters. The van der Waals surface area contributed by atoms with Crippen LogP contribution in [-0.2, 0) is 6.42 Å². The largest absolute Gasteiger partial charge is 0.322 e. The van der Waals surface area contributed by atoms with E-state index in [1.165, 1.54) is 11.1 Å². The molecule has 120 valence electrons. The fourth-order valence-corrected chi connectivity index (χ4v) is 3.38. The molecule has 3 rings (SSSR count). The van der Waals surface area contributed by atoms with E-state index in [0.29, 0.717) is 5.56 Å². The maximum Gasteiger partial charge on any atom is 0.256 e. The number of hydrogen-bond donors (Lipinski definition) is 1. The van der Waals surface area contributed by atoms with E-state index in [1.807, 2.05) is 54.6 Å². The number of nitrogens with one attached hydrogen (secondary N) is 1. The number of carbonyl (C=O) groups excluding carboxylic acids is 1. The summed E-state index contributed by atoms with van der Waals surface area (Å²) in [4.78, 5) is 16.5. The zero-order valence-electron chi connectivity index (χ0n) is 12.7. The van der Waals surface area contributed by atoms with Crippen molar-refractivity contribution in [3.63, 3.8) is 0 Å². The number of nitrogens with zero attached hydrogens (tertiary/aromatic N) is 1. The van der Waals surface area contributed by atoms with Gasteiger partial charge < -0.3 is 5.32 Å². The van der Waals surface area contributed by atoms with Gasteiger partial charge in [-0.25, -0.2) is 0 Å². The van der Waals surface area contributed by atoms with Gasteiger partial charge in [0.05, 0.1) is 5.56 Å². The average molecular weight is 540 g/mol.